The molecule has 0 aliphatic heterocycles. The van der Waals surface area contributed by atoms with Gasteiger partial charge in [0.25, 0.3) is 5.91 Å². The molecule has 5 nitrogen and oxygen atoms in total. The number of aliphatic hydroxyl groups is 1. The highest BCUT2D eigenvalue weighted by Crippen LogP contribution is 2.18. The molecule has 2 N–H and O–H groups in total. The van der Waals surface area contributed by atoms with Gasteiger partial charge >= 0.3 is 5.63 Å². The van der Waals surface area contributed by atoms with Crippen LogP contribution < -0.4 is 10.9 Å². The molecular formula is C15H17NO4. The van der Waals surface area contributed by atoms with Gasteiger partial charge in [0.2, 0.25) is 0 Å². The summed E-state index contributed by atoms with van der Waals surface area (Å²) in [6, 6.07) is 6.89. The van der Waals surface area contributed by atoms with Crippen LogP contribution in [0.2, 0.25) is 0 Å². The van der Waals surface area contributed by atoms with Crippen LogP contribution in [-0.4, -0.2) is 23.7 Å². The Balaban J connectivity index is 2.44. The SMILES string of the molecule is Cc1c(C(=O)N[C@H](C)CCO)c(=O)oc2ccccc12. The molecule has 20 heavy (non-hydrogen) atoms. The van der Waals surface area contributed by atoms with Gasteiger partial charge in [-0.25, -0.2) is 4.79 Å². The summed E-state index contributed by atoms with van der Waals surface area (Å²) < 4.78 is 5.17. The third-order valence-corrected chi connectivity index (χ3v) is 3.24. The normalized spacial score (nSPS) is 12.3. The minimum atomic E-state index is -0.644. The second-order valence-corrected chi connectivity index (χ2v) is 4.77. The molecule has 1 atom stereocenters. The summed E-state index contributed by atoms with van der Waals surface area (Å²) in [7, 11) is 0. The number of hydrogen-bond acceptors (Lipinski definition) is 4. The molecular weight excluding hydrogens is 258 g/mol. The molecule has 0 unspecified atom stereocenters. The lowest BCUT2D eigenvalue weighted by atomic mass is 10.1. The molecule has 106 valence electrons. The molecule has 0 spiro atoms. The number of aryl methyl sites for hydroxylation is 1. The number of hydrogen-bond donors (Lipinski definition) is 2. The van der Waals surface area contributed by atoms with Crippen molar-refractivity contribution in [3.05, 3.63) is 45.8 Å². The van der Waals surface area contributed by atoms with Crippen LogP contribution in [-0.2, 0) is 0 Å². The van der Waals surface area contributed by atoms with Crippen molar-refractivity contribution in [1.29, 1.82) is 0 Å². The number of amides is 1. The molecule has 1 heterocycles. The van der Waals surface area contributed by atoms with Crippen molar-refractivity contribution in [2.75, 3.05) is 6.61 Å². The number of aliphatic hydroxyl groups excluding tert-OH is 1. The van der Waals surface area contributed by atoms with E-state index in [9.17, 15) is 9.59 Å². The molecule has 0 saturated heterocycles. The van der Waals surface area contributed by atoms with Crippen molar-refractivity contribution in [2.45, 2.75) is 26.3 Å². The van der Waals surface area contributed by atoms with Gasteiger partial charge in [0.05, 0.1) is 0 Å². The quantitative estimate of drug-likeness (QED) is 0.831. The van der Waals surface area contributed by atoms with Crippen LogP contribution in [0, 0.1) is 6.92 Å². The van der Waals surface area contributed by atoms with E-state index in [1.807, 2.05) is 12.1 Å². The summed E-state index contributed by atoms with van der Waals surface area (Å²) in [4.78, 5) is 24.1. The average molecular weight is 275 g/mol. The van der Waals surface area contributed by atoms with Crippen LogP contribution in [0.15, 0.2) is 33.5 Å². The lowest BCUT2D eigenvalue weighted by Crippen LogP contribution is -2.36. The fourth-order valence-corrected chi connectivity index (χ4v) is 2.13. The second kappa shape index (κ2) is 5.88. The van der Waals surface area contributed by atoms with Crippen molar-refractivity contribution in [3.8, 4) is 0 Å². The highest BCUT2D eigenvalue weighted by molar-refractivity contribution is 5.99. The number of benzene rings is 1. The molecule has 5 heteroatoms. The average Bonchev–Trinajstić information content (AvgIpc) is 2.38. The largest absolute Gasteiger partial charge is 0.422 e. The van der Waals surface area contributed by atoms with E-state index in [0.717, 1.165) is 5.39 Å². The van der Waals surface area contributed by atoms with Gasteiger partial charge < -0.3 is 14.8 Å². The van der Waals surface area contributed by atoms with Gasteiger partial charge in [-0.05, 0) is 31.9 Å². The minimum absolute atomic E-state index is 0.0211. The fraction of sp³-hybridized carbons (Fsp3) is 0.333. The number of nitrogens with one attached hydrogen (secondary N) is 1. The smallest absolute Gasteiger partial charge is 0.349 e. The Labute approximate surface area is 116 Å². The van der Waals surface area contributed by atoms with Crippen LogP contribution in [0.4, 0.5) is 0 Å². The Bertz CT molecular complexity index is 690. The zero-order valence-corrected chi connectivity index (χ0v) is 11.5. The topological polar surface area (TPSA) is 79.5 Å². The first kappa shape index (κ1) is 14.3. The molecule has 2 rings (SSSR count). The van der Waals surface area contributed by atoms with E-state index in [-0.39, 0.29) is 18.2 Å². The predicted octanol–water partition coefficient (Wildman–Crippen LogP) is 1.60. The van der Waals surface area contributed by atoms with Crippen molar-refractivity contribution in [1.82, 2.24) is 5.32 Å². The van der Waals surface area contributed by atoms with Crippen LogP contribution in [0.1, 0.15) is 29.3 Å². The molecule has 0 aliphatic rings. The number of fused-ring (bicyclic) bond motifs is 1. The molecule has 0 fully saturated rings. The summed E-state index contributed by atoms with van der Waals surface area (Å²) in [5, 5.41) is 12.3. The molecule has 0 aliphatic carbocycles. The predicted molar refractivity (Wildman–Crippen MR) is 75.9 cm³/mol. The molecule has 1 aromatic carbocycles. The Hall–Kier alpha value is -2.14. The summed E-state index contributed by atoms with van der Waals surface area (Å²) in [6.07, 6.45) is 0.434. The summed E-state index contributed by atoms with van der Waals surface area (Å²) in [5.74, 6) is -0.469. The maximum atomic E-state index is 12.2. The third kappa shape index (κ3) is 2.72. The van der Waals surface area contributed by atoms with Gasteiger partial charge in [-0.2, -0.15) is 0 Å². The second-order valence-electron chi connectivity index (χ2n) is 4.77. The van der Waals surface area contributed by atoms with Crippen molar-refractivity contribution >= 4 is 16.9 Å². The Kier molecular flexibility index (Phi) is 4.20. The highest BCUT2D eigenvalue weighted by Gasteiger charge is 2.19. The van der Waals surface area contributed by atoms with Crippen molar-refractivity contribution in [2.24, 2.45) is 0 Å². The number of rotatable bonds is 4. The van der Waals surface area contributed by atoms with Gasteiger partial charge in [-0.3, -0.25) is 4.79 Å². The summed E-state index contributed by atoms with van der Waals surface area (Å²) in [6.45, 7) is 3.48. The van der Waals surface area contributed by atoms with Gasteiger partial charge in [-0.1, -0.05) is 18.2 Å². The Morgan fingerprint density at radius 3 is 2.80 bits per heavy atom. The standard InChI is InChI=1S/C15H17NO4/c1-9(7-8-17)16-14(18)13-10(2)11-5-3-4-6-12(11)20-15(13)19/h3-6,9,17H,7-8H2,1-2H3,(H,16,18)/t9-/m1/s1. The van der Waals surface area contributed by atoms with Crippen molar-refractivity contribution in [3.63, 3.8) is 0 Å². The van der Waals surface area contributed by atoms with Crippen LogP contribution in [0.25, 0.3) is 11.0 Å². The number of carbonyl (C=O) groups is 1. The van der Waals surface area contributed by atoms with Crippen molar-refractivity contribution < 1.29 is 14.3 Å². The van der Waals surface area contributed by atoms with E-state index in [0.29, 0.717) is 17.6 Å². The first-order valence-corrected chi connectivity index (χ1v) is 6.48. The lowest BCUT2D eigenvalue weighted by molar-refractivity contribution is 0.0930. The van der Waals surface area contributed by atoms with E-state index in [1.165, 1.54) is 0 Å². The van der Waals surface area contributed by atoms with Gasteiger partial charge in [0.15, 0.2) is 0 Å². The van der Waals surface area contributed by atoms with Crippen LogP contribution in [0.5, 0.6) is 0 Å². The number of carbonyl (C=O) groups excluding carboxylic acids is 1. The van der Waals surface area contributed by atoms with E-state index in [1.54, 1.807) is 26.0 Å². The Morgan fingerprint density at radius 2 is 2.10 bits per heavy atom. The third-order valence-electron chi connectivity index (χ3n) is 3.24. The molecule has 0 radical (unpaired) electrons. The fourth-order valence-electron chi connectivity index (χ4n) is 2.13. The molecule has 1 aromatic heterocycles. The number of para-hydroxylation sites is 1. The first-order chi connectivity index (χ1) is 9.54. The maximum absolute atomic E-state index is 12.2. The van der Waals surface area contributed by atoms with Gasteiger partial charge in [0.1, 0.15) is 11.1 Å². The minimum Gasteiger partial charge on any atom is -0.422 e. The van der Waals surface area contributed by atoms with Crippen LogP contribution in [0.3, 0.4) is 0 Å². The zero-order chi connectivity index (χ0) is 14.7. The molecule has 1 amide bonds. The Morgan fingerprint density at radius 1 is 1.40 bits per heavy atom. The van der Waals surface area contributed by atoms with Gasteiger partial charge in [0, 0.05) is 18.0 Å². The summed E-state index contributed by atoms with van der Waals surface area (Å²) in [5.41, 5.74) is 0.448. The first-order valence-electron chi connectivity index (χ1n) is 6.48. The molecule has 0 saturated carbocycles. The van der Waals surface area contributed by atoms with E-state index in [4.69, 9.17) is 9.52 Å². The highest BCUT2D eigenvalue weighted by atomic mass is 16.4. The monoisotopic (exact) mass is 275 g/mol. The van der Waals surface area contributed by atoms with Crippen LogP contribution >= 0.6 is 0 Å². The van der Waals surface area contributed by atoms with Gasteiger partial charge in [-0.15, -0.1) is 0 Å². The van der Waals surface area contributed by atoms with E-state index < -0.39 is 11.5 Å². The molecule has 0 bridgehead atoms. The summed E-state index contributed by atoms with van der Waals surface area (Å²) >= 11 is 0. The maximum Gasteiger partial charge on any atom is 0.349 e. The molecule has 2 aromatic rings. The van der Waals surface area contributed by atoms with E-state index >= 15 is 0 Å². The zero-order valence-electron chi connectivity index (χ0n) is 11.5. The van der Waals surface area contributed by atoms with E-state index in [2.05, 4.69) is 5.32 Å². The lowest BCUT2D eigenvalue weighted by Gasteiger charge is -2.13.